The fourth-order valence-corrected chi connectivity index (χ4v) is 2.55. The van der Waals surface area contributed by atoms with Crippen molar-refractivity contribution in [1.29, 1.82) is 0 Å². The van der Waals surface area contributed by atoms with Crippen molar-refractivity contribution in [2.45, 2.75) is 31.7 Å². The van der Waals surface area contributed by atoms with Gasteiger partial charge in [0.05, 0.1) is 13.2 Å². The third kappa shape index (κ3) is 4.80. The molecule has 1 saturated carbocycles. The van der Waals surface area contributed by atoms with E-state index >= 15 is 0 Å². The zero-order chi connectivity index (χ0) is 13.5. The fourth-order valence-electron chi connectivity index (χ4n) is 2.55. The van der Waals surface area contributed by atoms with Crippen molar-refractivity contribution in [2.75, 3.05) is 39.4 Å². The molecule has 0 radical (unpaired) electrons. The molecular formula is C13H23N3O3. The lowest BCUT2D eigenvalue weighted by Gasteiger charge is -2.26. The second-order valence-corrected chi connectivity index (χ2v) is 5.16. The Kier molecular flexibility index (Phi) is 5.60. The number of amides is 2. The highest BCUT2D eigenvalue weighted by atomic mass is 16.5. The molecule has 1 heterocycles. The average molecular weight is 269 g/mol. The number of morpholine rings is 1. The van der Waals surface area contributed by atoms with Crippen molar-refractivity contribution in [1.82, 2.24) is 15.5 Å². The van der Waals surface area contributed by atoms with E-state index in [2.05, 4.69) is 15.5 Å². The molecular weight excluding hydrogens is 246 g/mol. The molecule has 1 saturated heterocycles. The van der Waals surface area contributed by atoms with Gasteiger partial charge in [0.25, 0.3) is 0 Å². The third-order valence-electron chi connectivity index (χ3n) is 3.71. The summed E-state index contributed by atoms with van der Waals surface area (Å²) >= 11 is 0. The molecule has 0 aromatic rings. The minimum absolute atomic E-state index is 0.192. The molecule has 0 spiro atoms. The number of hydrogen-bond donors (Lipinski definition) is 2. The van der Waals surface area contributed by atoms with Gasteiger partial charge in [0, 0.05) is 32.2 Å². The molecule has 108 valence electrons. The first-order valence-corrected chi connectivity index (χ1v) is 7.14. The Morgan fingerprint density at radius 1 is 1.11 bits per heavy atom. The summed E-state index contributed by atoms with van der Waals surface area (Å²) in [5.74, 6) is -1.01. The van der Waals surface area contributed by atoms with E-state index in [-0.39, 0.29) is 6.04 Å². The highest BCUT2D eigenvalue weighted by Crippen LogP contribution is 2.17. The van der Waals surface area contributed by atoms with E-state index in [1.165, 1.54) is 0 Å². The molecule has 2 N–H and O–H groups in total. The fraction of sp³-hybridized carbons (Fsp3) is 0.846. The van der Waals surface area contributed by atoms with Crippen LogP contribution >= 0.6 is 0 Å². The van der Waals surface area contributed by atoms with Crippen LogP contribution in [0.5, 0.6) is 0 Å². The maximum Gasteiger partial charge on any atom is 0.309 e. The van der Waals surface area contributed by atoms with E-state index < -0.39 is 11.8 Å². The summed E-state index contributed by atoms with van der Waals surface area (Å²) < 4.78 is 5.25. The number of carbonyl (C=O) groups excluding carboxylic acids is 2. The number of rotatable bonds is 4. The molecule has 6 nitrogen and oxygen atoms in total. The van der Waals surface area contributed by atoms with Crippen LogP contribution in [0.1, 0.15) is 25.7 Å². The number of hydrogen-bond acceptors (Lipinski definition) is 4. The summed E-state index contributed by atoms with van der Waals surface area (Å²) in [5, 5.41) is 5.45. The number of carbonyl (C=O) groups is 2. The van der Waals surface area contributed by atoms with Gasteiger partial charge in [-0.2, -0.15) is 0 Å². The second-order valence-electron chi connectivity index (χ2n) is 5.16. The molecule has 2 rings (SSSR count). The van der Waals surface area contributed by atoms with Crippen LogP contribution in [0.15, 0.2) is 0 Å². The predicted molar refractivity (Wildman–Crippen MR) is 70.7 cm³/mol. The Hall–Kier alpha value is -1.14. The van der Waals surface area contributed by atoms with Crippen LogP contribution in [-0.2, 0) is 14.3 Å². The van der Waals surface area contributed by atoms with Crippen molar-refractivity contribution in [2.24, 2.45) is 0 Å². The molecule has 0 unspecified atom stereocenters. The van der Waals surface area contributed by atoms with Crippen molar-refractivity contribution in [3.63, 3.8) is 0 Å². The number of ether oxygens (including phenoxy) is 1. The highest BCUT2D eigenvalue weighted by Gasteiger charge is 2.21. The molecule has 1 aliphatic heterocycles. The van der Waals surface area contributed by atoms with Gasteiger partial charge in [-0.3, -0.25) is 14.5 Å². The van der Waals surface area contributed by atoms with Crippen molar-refractivity contribution in [3.05, 3.63) is 0 Å². The molecule has 2 amide bonds. The van der Waals surface area contributed by atoms with Crippen LogP contribution < -0.4 is 10.6 Å². The summed E-state index contributed by atoms with van der Waals surface area (Å²) in [5.41, 5.74) is 0. The first-order chi connectivity index (χ1) is 9.25. The van der Waals surface area contributed by atoms with Gasteiger partial charge >= 0.3 is 11.8 Å². The van der Waals surface area contributed by atoms with Crippen LogP contribution in [-0.4, -0.2) is 62.1 Å². The molecule has 0 aromatic carbocycles. The molecule has 2 fully saturated rings. The Balaban J connectivity index is 1.58. The van der Waals surface area contributed by atoms with Crippen LogP contribution in [0.4, 0.5) is 0 Å². The maximum absolute atomic E-state index is 11.6. The quantitative estimate of drug-likeness (QED) is 0.675. The van der Waals surface area contributed by atoms with Gasteiger partial charge in [-0.1, -0.05) is 12.8 Å². The topological polar surface area (TPSA) is 70.7 Å². The monoisotopic (exact) mass is 269 g/mol. The van der Waals surface area contributed by atoms with Gasteiger partial charge in [0.1, 0.15) is 0 Å². The molecule has 19 heavy (non-hydrogen) atoms. The minimum Gasteiger partial charge on any atom is -0.379 e. The maximum atomic E-state index is 11.6. The van der Waals surface area contributed by atoms with Gasteiger partial charge in [0.2, 0.25) is 0 Å². The predicted octanol–water partition coefficient (Wildman–Crippen LogP) is -0.506. The lowest BCUT2D eigenvalue weighted by atomic mass is 10.2. The Bertz CT molecular complexity index is 310. The van der Waals surface area contributed by atoms with Gasteiger partial charge in [-0.05, 0) is 12.8 Å². The van der Waals surface area contributed by atoms with Gasteiger partial charge in [0.15, 0.2) is 0 Å². The Morgan fingerprint density at radius 2 is 1.79 bits per heavy atom. The Labute approximate surface area is 113 Å². The normalized spacial score (nSPS) is 21.3. The molecule has 0 atom stereocenters. The first kappa shape index (κ1) is 14.3. The smallest absolute Gasteiger partial charge is 0.309 e. The van der Waals surface area contributed by atoms with E-state index in [9.17, 15) is 9.59 Å². The van der Waals surface area contributed by atoms with Gasteiger partial charge in [-0.25, -0.2) is 0 Å². The zero-order valence-electron chi connectivity index (χ0n) is 11.3. The SMILES string of the molecule is O=C(NCCN1CCOCC1)C(=O)NC1CCCC1. The second kappa shape index (κ2) is 7.45. The lowest BCUT2D eigenvalue weighted by molar-refractivity contribution is -0.139. The van der Waals surface area contributed by atoms with E-state index in [0.29, 0.717) is 6.54 Å². The van der Waals surface area contributed by atoms with Crippen molar-refractivity contribution < 1.29 is 14.3 Å². The summed E-state index contributed by atoms with van der Waals surface area (Å²) in [4.78, 5) is 25.5. The zero-order valence-corrected chi connectivity index (χ0v) is 11.3. The van der Waals surface area contributed by atoms with Gasteiger partial charge < -0.3 is 15.4 Å². The molecule has 0 bridgehead atoms. The molecule has 0 aromatic heterocycles. The van der Waals surface area contributed by atoms with Crippen molar-refractivity contribution >= 4 is 11.8 Å². The van der Waals surface area contributed by atoms with E-state index in [1.54, 1.807) is 0 Å². The molecule has 2 aliphatic rings. The largest absolute Gasteiger partial charge is 0.379 e. The summed E-state index contributed by atoms with van der Waals surface area (Å²) in [6.07, 6.45) is 4.27. The lowest BCUT2D eigenvalue weighted by Crippen LogP contribution is -2.46. The standard InChI is InChI=1S/C13H23N3O3/c17-12(13(18)15-11-3-1-2-4-11)14-5-6-16-7-9-19-10-8-16/h11H,1-10H2,(H,14,17)(H,15,18). The molecule has 6 heteroatoms. The Morgan fingerprint density at radius 3 is 2.47 bits per heavy atom. The number of nitrogens with one attached hydrogen (secondary N) is 2. The molecule has 1 aliphatic carbocycles. The van der Waals surface area contributed by atoms with Crippen molar-refractivity contribution in [3.8, 4) is 0 Å². The van der Waals surface area contributed by atoms with Gasteiger partial charge in [-0.15, -0.1) is 0 Å². The van der Waals surface area contributed by atoms with E-state index in [4.69, 9.17) is 4.74 Å². The van der Waals surface area contributed by atoms with Crippen LogP contribution in [0, 0.1) is 0 Å². The first-order valence-electron chi connectivity index (χ1n) is 7.14. The summed E-state index contributed by atoms with van der Waals surface area (Å²) in [7, 11) is 0. The number of nitrogens with zero attached hydrogens (tertiary/aromatic N) is 1. The van der Waals surface area contributed by atoms with E-state index in [1.807, 2.05) is 0 Å². The van der Waals surface area contributed by atoms with Crippen LogP contribution in [0.3, 0.4) is 0 Å². The highest BCUT2D eigenvalue weighted by molar-refractivity contribution is 6.35. The third-order valence-corrected chi connectivity index (χ3v) is 3.71. The average Bonchev–Trinajstić information content (AvgIpc) is 2.92. The summed E-state index contributed by atoms with van der Waals surface area (Å²) in [6.45, 7) is 4.56. The van der Waals surface area contributed by atoms with Crippen LogP contribution in [0.2, 0.25) is 0 Å². The van der Waals surface area contributed by atoms with Crippen LogP contribution in [0.25, 0.3) is 0 Å². The minimum atomic E-state index is -0.514. The van der Waals surface area contributed by atoms with E-state index in [0.717, 1.165) is 58.5 Å². The summed E-state index contributed by atoms with van der Waals surface area (Å²) in [6, 6.07) is 0.192.